The van der Waals surface area contributed by atoms with Crippen LogP contribution >= 0.6 is 0 Å². The summed E-state index contributed by atoms with van der Waals surface area (Å²) in [6, 6.07) is 6.06. The van der Waals surface area contributed by atoms with Crippen LogP contribution in [0.2, 0.25) is 0 Å². The second-order valence-electron chi connectivity index (χ2n) is 5.27. The largest absolute Gasteiger partial charge is 0.364 e. The normalized spacial score (nSPS) is 17.0. The van der Waals surface area contributed by atoms with E-state index >= 15 is 0 Å². The average molecular weight is 285 g/mol. The molecule has 0 saturated carbocycles. The van der Waals surface area contributed by atoms with Gasteiger partial charge in [-0.25, -0.2) is 0 Å². The highest BCUT2D eigenvalue weighted by molar-refractivity contribution is 5.76. The second-order valence-corrected chi connectivity index (χ2v) is 5.27. The fourth-order valence-corrected chi connectivity index (χ4v) is 2.52. The molecule has 0 radical (unpaired) electrons. The van der Waals surface area contributed by atoms with E-state index in [0.717, 1.165) is 23.5 Å². The molecule has 112 valence electrons. The Morgan fingerprint density at radius 3 is 2.90 bits per heavy atom. The number of nitrogens with one attached hydrogen (secondary N) is 1. The van der Waals surface area contributed by atoms with Gasteiger partial charge in [0, 0.05) is 18.7 Å². The number of rotatable bonds is 7. The molecule has 21 heavy (non-hydrogen) atoms. The molecule has 1 aromatic heterocycles. The lowest BCUT2D eigenvalue weighted by Gasteiger charge is -2.39. The summed E-state index contributed by atoms with van der Waals surface area (Å²) in [5.41, 5.74) is 2.01. The van der Waals surface area contributed by atoms with E-state index in [1.165, 1.54) is 12.8 Å². The van der Waals surface area contributed by atoms with Gasteiger partial charge in [-0.15, -0.1) is 0 Å². The van der Waals surface area contributed by atoms with Crippen molar-refractivity contribution in [1.82, 2.24) is 15.2 Å². The Hall–Kier alpha value is -2.10. The molecular formula is C17H23N3O. The van der Waals surface area contributed by atoms with Gasteiger partial charge in [0.25, 0.3) is 0 Å². The number of aromatic nitrogens is 1. The van der Waals surface area contributed by atoms with Gasteiger partial charge in [0.1, 0.15) is 5.82 Å². The lowest BCUT2D eigenvalue weighted by atomic mass is 9.94. The van der Waals surface area contributed by atoms with Gasteiger partial charge in [0.05, 0.1) is 18.3 Å². The highest BCUT2D eigenvalue weighted by Gasteiger charge is 2.31. The van der Waals surface area contributed by atoms with Crippen LogP contribution in [0.25, 0.3) is 0 Å². The van der Waals surface area contributed by atoms with Gasteiger partial charge in [0.2, 0.25) is 5.91 Å². The quantitative estimate of drug-likeness (QED) is 0.837. The standard InChI is InChI=1S/C17H23N3O/c1-4-6-10-16-15(5-2)17(19-16)20(13(3)21)12-14-9-7-8-11-18-14/h5,7-9,11,16,19H,2,4,6,10,12H2,1,3H3/t16-/m0/s1. The molecule has 1 amide bonds. The molecule has 0 saturated heterocycles. The Labute approximate surface area is 126 Å². The molecule has 0 spiro atoms. The molecule has 2 heterocycles. The smallest absolute Gasteiger partial charge is 0.225 e. The van der Waals surface area contributed by atoms with E-state index in [-0.39, 0.29) is 5.91 Å². The molecule has 0 bridgehead atoms. The Balaban J connectivity index is 2.15. The molecule has 1 aliphatic heterocycles. The Bertz CT molecular complexity index is 536. The van der Waals surface area contributed by atoms with Gasteiger partial charge in [0.15, 0.2) is 0 Å². The van der Waals surface area contributed by atoms with E-state index in [1.807, 2.05) is 24.3 Å². The first-order valence-corrected chi connectivity index (χ1v) is 7.48. The molecule has 0 aliphatic carbocycles. The van der Waals surface area contributed by atoms with Crippen molar-refractivity contribution in [2.24, 2.45) is 0 Å². The van der Waals surface area contributed by atoms with Crippen LogP contribution in [-0.4, -0.2) is 21.8 Å². The number of carbonyl (C=O) groups is 1. The Kier molecular flexibility index (Phi) is 5.14. The first kappa shape index (κ1) is 15.3. The van der Waals surface area contributed by atoms with Crippen LogP contribution in [0.3, 0.4) is 0 Å². The molecule has 4 heteroatoms. The minimum Gasteiger partial charge on any atom is -0.364 e. The lowest BCUT2D eigenvalue weighted by molar-refractivity contribution is -0.128. The second kappa shape index (κ2) is 7.07. The van der Waals surface area contributed by atoms with E-state index < -0.39 is 0 Å². The van der Waals surface area contributed by atoms with E-state index in [4.69, 9.17) is 0 Å². The highest BCUT2D eigenvalue weighted by Crippen LogP contribution is 2.27. The molecule has 1 aliphatic rings. The SMILES string of the molecule is C=CC1=C(N(Cc2ccccn2)C(C)=O)N[C@H]1CCCC. The minimum atomic E-state index is 0.0106. The van der Waals surface area contributed by atoms with Crippen LogP contribution in [-0.2, 0) is 11.3 Å². The number of hydrogen-bond donors (Lipinski definition) is 1. The zero-order valence-electron chi connectivity index (χ0n) is 12.8. The maximum atomic E-state index is 12.0. The van der Waals surface area contributed by atoms with Gasteiger partial charge >= 0.3 is 0 Å². The van der Waals surface area contributed by atoms with Crippen molar-refractivity contribution < 1.29 is 4.79 Å². The van der Waals surface area contributed by atoms with Gasteiger partial charge in [-0.3, -0.25) is 14.7 Å². The van der Waals surface area contributed by atoms with Crippen molar-refractivity contribution >= 4 is 5.91 Å². The zero-order chi connectivity index (χ0) is 15.2. The summed E-state index contributed by atoms with van der Waals surface area (Å²) < 4.78 is 0. The van der Waals surface area contributed by atoms with Crippen molar-refractivity contribution in [1.29, 1.82) is 0 Å². The maximum Gasteiger partial charge on any atom is 0.225 e. The third kappa shape index (κ3) is 3.51. The number of nitrogens with zero attached hydrogens (tertiary/aromatic N) is 2. The van der Waals surface area contributed by atoms with Crippen LogP contribution in [0.15, 0.2) is 48.4 Å². The van der Waals surface area contributed by atoms with E-state index in [0.29, 0.717) is 12.6 Å². The van der Waals surface area contributed by atoms with Crippen molar-refractivity contribution in [3.63, 3.8) is 0 Å². The van der Waals surface area contributed by atoms with Crippen LogP contribution in [0.1, 0.15) is 38.8 Å². The van der Waals surface area contributed by atoms with Crippen molar-refractivity contribution in [2.75, 3.05) is 0 Å². The highest BCUT2D eigenvalue weighted by atomic mass is 16.2. The van der Waals surface area contributed by atoms with Crippen molar-refractivity contribution in [2.45, 2.75) is 45.7 Å². The summed E-state index contributed by atoms with van der Waals surface area (Å²) >= 11 is 0. The molecule has 0 unspecified atom stereocenters. The first-order chi connectivity index (χ1) is 10.2. The molecule has 1 atom stereocenters. The number of unbranched alkanes of at least 4 members (excludes halogenated alkanes) is 1. The molecule has 0 fully saturated rings. The van der Waals surface area contributed by atoms with Crippen LogP contribution in [0, 0.1) is 0 Å². The van der Waals surface area contributed by atoms with Gasteiger partial charge in [-0.1, -0.05) is 38.5 Å². The zero-order valence-corrected chi connectivity index (χ0v) is 12.8. The summed E-state index contributed by atoms with van der Waals surface area (Å²) in [5.74, 6) is 0.890. The van der Waals surface area contributed by atoms with Gasteiger partial charge < -0.3 is 5.32 Å². The molecule has 4 nitrogen and oxygen atoms in total. The van der Waals surface area contributed by atoms with Gasteiger partial charge in [-0.2, -0.15) is 0 Å². The fraction of sp³-hybridized carbons (Fsp3) is 0.412. The van der Waals surface area contributed by atoms with E-state index in [1.54, 1.807) is 18.0 Å². The molecule has 1 aromatic rings. The van der Waals surface area contributed by atoms with E-state index in [2.05, 4.69) is 23.8 Å². The van der Waals surface area contributed by atoms with Gasteiger partial charge in [-0.05, 0) is 18.6 Å². The summed E-state index contributed by atoms with van der Waals surface area (Å²) in [7, 11) is 0. The first-order valence-electron chi connectivity index (χ1n) is 7.48. The lowest BCUT2D eigenvalue weighted by Crippen LogP contribution is -2.50. The summed E-state index contributed by atoms with van der Waals surface area (Å²) in [5, 5.41) is 3.40. The minimum absolute atomic E-state index is 0.0106. The monoisotopic (exact) mass is 285 g/mol. The third-order valence-corrected chi connectivity index (χ3v) is 3.72. The van der Waals surface area contributed by atoms with E-state index in [9.17, 15) is 4.79 Å². The molecule has 1 N–H and O–H groups in total. The summed E-state index contributed by atoms with van der Waals surface area (Å²) in [6.07, 6.45) is 7.02. The number of hydrogen-bond acceptors (Lipinski definition) is 3. The molecular weight excluding hydrogens is 262 g/mol. The number of carbonyl (C=O) groups excluding carboxylic acids is 1. The molecule has 0 aromatic carbocycles. The van der Waals surface area contributed by atoms with Crippen LogP contribution in [0.4, 0.5) is 0 Å². The van der Waals surface area contributed by atoms with Crippen LogP contribution in [0.5, 0.6) is 0 Å². The van der Waals surface area contributed by atoms with Crippen LogP contribution < -0.4 is 5.32 Å². The van der Waals surface area contributed by atoms with Crippen molar-refractivity contribution in [3.8, 4) is 0 Å². The predicted molar refractivity (Wildman–Crippen MR) is 84.1 cm³/mol. The third-order valence-electron chi connectivity index (χ3n) is 3.72. The maximum absolute atomic E-state index is 12.0. The topological polar surface area (TPSA) is 45.2 Å². The predicted octanol–water partition coefficient (Wildman–Crippen LogP) is 2.99. The molecule has 2 rings (SSSR count). The fourth-order valence-electron chi connectivity index (χ4n) is 2.52. The Morgan fingerprint density at radius 2 is 2.33 bits per heavy atom. The Morgan fingerprint density at radius 1 is 1.52 bits per heavy atom. The number of pyridine rings is 1. The summed E-state index contributed by atoms with van der Waals surface area (Å²) in [4.78, 5) is 18.0. The van der Waals surface area contributed by atoms with Crippen molar-refractivity contribution in [3.05, 3.63) is 54.1 Å². The number of amides is 1. The average Bonchev–Trinajstić information content (AvgIpc) is 2.46. The summed E-state index contributed by atoms with van der Waals surface area (Å²) in [6.45, 7) is 8.13.